The summed E-state index contributed by atoms with van der Waals surface area (Å²) in [4.78, 5) is 16.9. The molecule has 1 heterocycles. The van der Waals surface area contributed by atoms with Gasteiger partial charge in [0.15, 0.2) is 0 Å². The zero-order valence-corrected chi connectivity index (χ0v) is 17.1. The zero-order valence-electron chi connectivity index (χ0n) is 16.3. The summed E-state index contributed by atoms with van der Waals surface area (Å²) in [5.74, 6) is 0.826. The van der Waals surface area contributed by atoms with Gasteiger partial charge in [-0.1, -0.05) is 23.9 Å². The summed E-state index contributed by atoms with van der Waals surface area (Å²) >= 11 is 1.25. The minimum Gasteiger partial charge on any atom is -0.494 e. The molecule has 2 aromatic carbocycles. The fraction of sp³-hybridized carbons (Fsp3) is 0.174. The molecule has 3 rings (SSSR count). The highest BCUT2D eigenvalue weighted by atomic mass is 32.2. The van der Waals surface area contributed by atoms with Crippen LogP contribution in [0.5, 0.6) is 5.75 Å². The Morgan fingerprint density at radius 1 is 1.17 bits per heavy atom. The topological polar surface area (TPSA) is 75.0 Å². The van der Waals surface area contributed by atoms with Crippen molar-refractivity contribution in [3.63, 3.8) is 0 Å². The lowest BCUT2D eigenvalue weighted by atomic mass is 10.1. The largest absolute Gasteiger partial charge is 0.494 e. The standard InChI is InChI=1S/C23H21N3O2S/c1-3-28-20-10-7-17(8-11-20)21-12-9-18(14-24)23(26-21)29-15-22(27)25-19-6-4-5-16(2)13-19/h4-13H,3,15H2,1-2H3,(H,25,27). The van der Waals surface area contributed by atoms with Crippen molar-refractivity contribution < 1.29 is 9.53 Å². The van der Waals surface area contributed by atoms with Gasteiger partial charge < -0.3 is 10.1 Å². The van der Waals surface area contributed by atoms with Gasteiger partial charge in [-0.25, -0.2) is 4.98 Å². The van der Waals surface area contributed by atoms with Crippen LogP contribution in [0, 0.1) is 18.3 Å². The predicted octanol–water partition coefficient (Wildman–Crippen LogP) is 5.06. The minimum atomic E-state index is -0.141. The van der Waals surface area contributed by atoms with Crippen molar-refractivity contribution >= 4 is 23.4 Å². The van der Waals surface area contributed by atoms with Gasteiger partial charge in [-0.15, -0.1) is 0 Å². The van der Waals surface area contributed by atoms with Crippen LogP contribution < -0.4 is 10.1 Å². The number of nitriles is 1. The summed E-state index contributed by atoms with van der Waals surface area (Å²) in [7, 11) is 0. The van der Waals surface area contributed by atoms with Crippen LogP contribution in [0.2, 0.25) is 0 Å². The molecule has 0 spiro atoms. The van der Waals surface area contributed by atoms with Crippen LogP contribution in [0.3, 0.4) is 0 Å². The number of anilines is 1. The average molecular weight is 404 g/mol. The van der Waals surface area contributed by atoms with E-state index in [4.69, 9.17) is 4.74 Å². The van der Waals surface area contributed by atoms with Gasteiger partial charge in [0.1, 0.15) is 16.8 Å². The van der Waals surface area contributed by atoms with E-state index in [2.05, 4.69) is 16.4 Å². The number of carbonyl (C=O) groups excluding carboxylic acids is 1. The minimum absolute atomic E-state index is 0.141. The van der Waals surface area contributed by atoms with E-state index in [-0.39, 0.29) is 11.7 Å². The molecule has 0 saturated carbocycles. The van der Waals surface area contributed by atoms with E-state index in [1.54, 1.807) is 6.07 Å². The molecule has 29 heavy (non-hydrogen) atoms. The summed E-state index contributed by atoms with van der Waals surface area (Å²) in [5.41, 5.74) is 3.95. The van der Waals surface area contributed by atoms with Crippen LogP contribution in [0.15, 0.2) is 65.7 Å². The first-order valence-corrected chi connectivity index (χ1v) is 10.2. The van der Waals surface area contributed by atoms with Crippen molar-refractivity contribution in [2.45, 2.75) is 18.9 Å². The van der Waals surface area contributed by atoms with Gasteiger partial charge >= 0.3 is 0 Å². The highest BCUT2D eigenvalue weighted by Gasteiger charge is 2.11. The number of thioether (sulfide) groups is 1. The van der Waals surface area contributed by atoms with Gasteiger partial charge in [-0.05, 0) is 67.9 Å². The number of hydrogen-bond donors (Lipinski definition) is 1. The molecule has 0 atom stereocenters. The second-order valence-corrected chi connectivity index (χ2v) is 7.29. The highest BCUT2D eigenvalue weighted by Crippen LogP contribution is 2.26. The van der Waals surface area contributed by atoms with Gasteiger partial charge in [0.25, 0.3) is 0 Å². The number of hydrogen-bond acceptors (Lipinski definition) is 5. The van der Waals surface area contributed by atoms with E-state index in [0.29, 0.717) is 17.2 Å². The van der Waals surface area contributed by atoms with Crippen LogP contribution in [-0.4, -0.2) is 23.3 Å². The molecule has 0 fully saturated rings. The molecule has 0 aliphatic carbocycles. The fourth-order valence-electron chi connectivity index (χ4n) is 2.74. The first kappa shape index (κ1) is 20.4. The van der Waals surface area contributed by atoms with E-state index in [9.17, 15) is 10.1 Å². The predicted molar refractivity (Wildman–Crippen MR) is 116 cm³/mol. The van der Waals surface area contributed by atoms with Gasteiger partial charge in [0.2, 0.25) is 5.91 Å². The maximum absolute atomic E-state index is 12.3. The number of nitrogens with zero attached hydrogens (tertiary/aromatic N) is 2. The number of benzene rings is 2. The molecule has 1 aromatic heterocycles. The Labute approximate surface area is 174 Å². The number of nitrogens with one attached hydrogen (secondary N) is 1. The van der Waals surface area contributed by atoms with Gasteiger partial charge in [-0.2, -0.15) is 5.26 Å². The monoisotopic (exact) mass is 403 g/mol. The Kier molecular flexibility index (Phi) is 6.88. The molecule has 0 bridgehead atoms. The van der Waals surface area contributed by atoms with Gasteiger partial charge in [0.05, 0.1) is 23.6 Å². The van der Waals surface area contributed by atoms with Crippen LogP contribution in [0.25, 0.3) is 11.3 Å². The summed E-state index contributed by atoms with van der Waals surface area (Å²) in [6.45, 7) is 4.52. The lowest BCUT2D eigenvalue weighted by molar-refractivity contribution is -0.113. The van der Waals surface area contributed by atoms with E-state index in [0.717, 1.165) is 28.3 Å². The molecular formula is C23H21N3O2S. The zero-order chi connectivity index (χ0) is 20.6. The number of amides is 1. The third kappa shape index (κ3) is 5.59. The fourth-order valence-corrected chi connectivity index (χ4v) is 3.51. The molecule has 0 unspecified atom stereocenters. The Morgan fingerprint density at radius 3 is 2.66 bits per heavy atom. The molecule has 0 radical (unpaired) electrons. The first-order valence-electron chi connectivity index (χ1n) is 9.22. The molecule has 1 N–H and O–H groups in total. The molecule has 6 heteroatoms. The third-order valence-corrected chi connectivity index (χ3v) is 5.07. The Bertz CT molecular complexity index is 1040. The second-order valence-electron chi connectivity index (χ2n) is 6.32. The van der Waals surface area contributed by atoms with E-state index >= 15 is 0 Å². The molecule has 0 saturated heterocycles. The molecule has 3 aromatic rings. The number of aryl methyl sites for hydroxylation is 1. The van der Waals surface area contributed by atoms with Crippen molar-refractivity contribution in [1.29, 1.82) is 5.26 Å². The number of pyridine rings is 1. The SMILES string of the molecule is CCOc1ccc(-c2ccc(C#N)c(SCC(=O)Nc3cccc(C)c3)n2)cc1. The normalized spacial score (nSPS) is 10.2. The van der Waals surface area contributed by atoms with E-state index in [1.165, 1.54) is 11.8 Å². The Morgan fingerprint density at radius 2 is 1.97 bits per heavy atom. The summed E-state index contributed by atoms with van der Waals surface area (Å²) < 4.78 is 5.47. The molecule has 1 amide bonds. The molecular weight excluding hydrogens is 382 g/mol. The number of ether oxygens (including phenoxy) is 1. The smallest absolute Gasteiger partial charge is 0.234 e. The van der Waals surface area contributed by atoms with Crippen LogP contribution in [0.1, 0.15) is 18.1 Å². The Hall–Kier alpha value is -3.30. The van der Waals surface area contributed by atoms with Gasteiger partial charge in [0, 0.05) is 11.3 Å². The van der Waals surface area contributed by atoms with Crippen molar-refractivity contribution in [3.8, 4) is 23.1 Å². The first-order chi connectivity index (χ1) is 14.1. The van der Waals surface area contributed by atoms with Crippen molar-refractivity contribution in [3.05, 3.63) is 71.8 Å². The van der Waals surface area contributed by atoms with E-state index < -0.39 is 0 Å². The average Bonchev–Trinajstić information content (AvgIpc) is 2.73. The Balaban J connectivity index is 1.72. The van der Waals surface area contributed by atoms with Gasteiger partial charge in [-0.3, -0.25) is 4.79 Å². The summed E-state index contributed by atoms with van der Waals surface area (Å²) in [6.07, 6.45) is 0. The molecule has 146 valence electrons. The lowest BCUT2D eigenvalue weighted by Crippen LogP contribution is -2.14. The van der Waals surface area contributed by atoms with Crippen LogP contribution in [-0.2, 0) is 4.79 Å². The third-order valence-electron chi connectivity index (χ3n) is 4.08. The maximum Gasteiger partial charge on any atom is 0.234 e. The van der Waals surface area contributed by atoms with Crippen LogP contribution >= 0.6 is 11.8 Å². The lowest BCUT2D eigenvalue weighted by Gasteiger charge is -2.09. The van der Waals surface area contributed by atoms with Crippen LogP contribution in [0.4, 0.5) is 5.69 Å². The quantitative estimate of drug-likeness (QED) is 0.558. The number of carbonyl (C=O) groups is 1. The van der Waals surface area contributed by atoms with E-state index in [1.807, 2.05) is 68.4 Å². The highest BCUT2D eigenvalue weighted by molar-refractivity contribution is 8.00. The summed E-state index contributed by atoms with van der Waals surface area (Å²) in [6, 6.07) is 21.0. The molecule has 5 nitrogen and oxygen atoms in total. The molecule has 0 aliphatic heterocycles. The molecule has 0 aliphatic rings. The van der Waals surface area contributed by atoms with Crippen molar-refractivity contribution in [2.24, 2.45) is 0 Å². The summed E-state index contributed by atoms with van der Waals surface area (Å²) in [5, 5.41) is 12.8. The number of aromatic nitrogens is 1. The maximum atomic E-state index is 12.3. The number of rotatable bonds is 7. The van der Waals surface area contributed by atoms with Crippen molar-refractivity contribution in [1.82, 2.24) is 4.98 Å². The second kappa shape index (κ2) is 9.76. The van der Waals surface area contributed by atoms with Crippen molar-refractivity contribution in [2.75, 3.05) is 17.7 Å².